The number of carboxylic acids is 1. The molecule has 0 aliphatic carbocycles. The molecule has 1 rings (SSSR count). The molecule has 0 aliphatic rings. The summed E-state index contributed by atoms with van der Waals surface area (Å²) in [5, 5.41) is 11.5. The van der Waals surface area contributed by atoms with Crippen LogP contribution in [0.3, 0.4) is 0 Å². The summed E-state index contributed by atoms with van der Waals surface area (Å²) in [5.41, 5.74) is -0.303. The van der Waals surface area contributed by atoms with Gasteiger partial charge in [0, 0.05) is 6.54 Å². The molecular weight excluding hydrogens is 299 g/mol. The number of hydrogen-bond donors (Lipinski definition) is 2. The number of pyridine rings is 1. The summed E-state index contributed by atoms with van der Waals surface area (Å²) in [6, 6.07) is 0.962. The highest BCUT2D eigenvalue weighted by Gasteiger charge is 2.25. The van der Waals surface area contributed by atoms with E-state index in [2.05, 4.69) is 10.3 Å². The largest absolute Gasteiger partial charge is 0.481 e. The second kappa shape index (κ2) is 6.85. The van der Waals surface area contributed by atoms with E-state index in [1.807, 2.05) is 20.8 Å². The molecule has 1 heterocycles. The van der Waals surface area contributed by atoms with Gasteiger partial charge in [-0.3, -0.25) is 9.59 Å². The first-order valence-electron chi connectivity index (χ1n) is 6.42. The average Bonchev–Trinajstić information content (AvgIpc) is 2.35. The SMILES string of the molecule is CC(C)(C)CC(CNC(=O)c1cc(F)cnc1Cl)C(=O)O. The van der Waals surface area contributed by atoms with Crippen molar-refractivity contribution in [3.63, 3.8) is 0 Å². The van der Waals surface area contributed by atoms with E-state index in [0.29, 0.717) is 6.42 Å². The van der Waals surface area contributed by atoms with E-state index >= 15 is 0 Å². The normalized spacial score (nSPS) is 12.8. The maximum absolute atomic E-state index is 13.1. The molecule has 0 aliphatic heterocycles. The standard InChI is InChI=1S/C14H18ClFN2O3/c1-14(2,3)5-8(13(20)21)6-18-12(19)10-4-9(16)7-17-11(10)15/h4,7-8H,5-6H2,1-3H3,(H,18,19)(H,20,21). The van der Waals surface area contributed by atoms with Crippen LogP contribution in [-0.4, -0.2) is 28.5 Å². The van der Waals surface area contributed by atoms with Crippen LogP contribution < -0.4 is 5.32 Å². The zero-order chi connectivity index (χ0) is 16.2. The molecule has 1 amide bonds. The van der Waals surface area contributed by atoms with E-state index in [0.717, 1.165) is 12.3 Å². The monoisotopic (exact) mass is 316 g/mol. The van der Waals surface area contributed by atoms with Crippen molar-refractivity contribution < 1.29 is 19.1 Å². The Kier molecular flexibility index (Phi) is 5.66. The smallest absolute Gasteiger partial charge is 0.308 e. The predicted octanol–water partition coefficient (Wildman–Crippen LogP) is 2.74. The van der Waals surface area contributed by atoms with Crippen molar-refractivity contribution in [2.45, 2.75) is 27.2 Å². The van der Waals surface area contributed by atoms with Gasteiger partial charge in [0.05, 0.1) is 17.7 Å². The van der Waals surface area contributed by atoms with Gasteiger partial charge in [0.1, 0.15) is 11.0 Å². The van der Waals surface area contributed by atoms with Gasteiger partial charge in [-0.15, -0.1) is 0 Å². The Morgan fingerprint density at radius 2 is 2.10 bits per heavy atom. The summed E-state index contributed by atoms with van der Waals surface area (Å²) in [5.74, 6) is -3.05. The molecule has 116 valence electrons. The van der Waals surface area contributed by atoms with Gasteiger partial charge in [-0.1, -0.05) is 32.4 Å². The number of aliphatic carboxylic acids is 1. The van der Waals surface area contributed by atoms with Crippen LogP contribution in [0.1, 0.15) is 37.6 Å². The molecular formula is C14H18ClFN2O3. The number of hydrogen-bond acceptors (Lipinski definition) is 3. The third-order valence-corrected chi connectivity index (χ3v) is 3.07. The van der Waals surface area contributed by atoms with E-state index < -0.39 is 23.6 Å². The Bertz CT molecular complexity index is 544. The summed E-state index contributed by atoms with van der Waals surface area (Å²) in [6.45, 7) is 5.69. The van der Waals surface area contributed by atoms with Crippen molar-refractivity contribution in [1.82, 2.24) is 10.3 Å². The van der Waals surface area contributed by atoms with E-state index in [-0.39, 0.29) is 22.7 Å². The van der Waals surface area contributed by atoms with Crippen molar-refractivity contribution in [3.8, 4) is 0 Å². The minimum Gasteiger partial charge on any atom is -0.481 e. The molecule has 0 spiro atoms. The molecule has 0 radical (unpaired) electrons. The number of halogens is 2. The molecule has 1 aromatic heterocycles. The van der Waals surface area contributed by atoms with Crippen LogP contribution >= 0.6 is 11.6 Å². The third kappa shape index (κ3) is 5.67. The number of nitrogens with zero attached hydrogens (tertiary/aromatic N) is 1. The van der Waals surface area contributed by atoms with E-state index in [1.54, 1.807) is 0 Å². The minimum atomic E-state index is -0.992. The zero-order valence-corrected chi connectivity index (χ0v) is 12.9. The Labute approximate surface area is 127 Å². The molecule has 0 saturated heterocycles. The minimum absolute atomic E-state index is 0.0573. The Hall–Kier alpha value is -1.69. The van der Waals surface area contributed by atoms with Crippen molar-refractivity contribution in [1.29, 1.82) is 0 Å². The van der Waals surface area contributed by atoms with Gasteiger partial charge < -0.3 is 10.4 Å². The third-order valence-electron chi connectivity index (χ3n) is 2.77. The van der Waals surface area contributed by atoms with Gasteiger partial charge in [-0.2, -0.15) is 0 Å². The highest BCUT2D eigenvalue weighted by atomic mass is 35.5. The maximum Gasteiger partial charge on any atom is 0.308 e. The number of carbonyl (C=O) groups excluding carboxylic acids is 1. The lowest BCUT2D eigenvalue weighted by Gasteiger charge is -2.23. The van der Waals surface area contributed by atoms with Crippen molar-refractivity contribution in [2.75, 3.05) is 6.54 Å². The van der Waals surface area contributed by atoms with Crippen LogP contribution in [0.25, 0.3) is 0 Å². The molecule has 5 nitrogen and oxygen atoms in total. The summed E-state index contributed by atoms with van der Waals surface area (Å²) in [4.78, 5) is 26.6. The van der Waals surface area contributed by atoms with E-state index in [9.17, 15) is 14.0 Å². The maximum atomic E-state index is 13.1. The fourth-order valence-electron chi connectivity index (χ4n) is 1.88. The van der Waals surface area contributed by atoms with E-state index in [4.69, 9.17) is 16.7 Å². The van der Waals surface area contributed by atoms with Crippen LogP contribution in [-0.2, 0) is 4.79 Å². The highest BCUT2D eigenvalue weighted by molar-refractivity contribution is 6.32. The summed E-state index contributed by atoms with van der Waals surface area (Å²) in [7, 11) is 0. The van der Waals surface area contributed by atoms with Gasteiger partial charge in [-0.25, -0.2) is 9.37 Å². The Morgan fingerprint density at radius 3 is 2.62 bits per heavy atom. The lowest BCUT2D eigenvalue weighted by atomic mass is 9.84. The van der Waals surface area contributed by atoms with Crippen molar-refractivity contribution in [2.24, 2.45) is 11.3 Å². The fraction of sp³-hybridized carbons (Fsp3) is 0.500. The van der Waals surface area contributed by atoms with Crippen LogP contribution in [0.15, 0.2) is 12.3 Å². The highest BCUT2D eigenvalue weighted by Crippen LogP contribution is 2.24. The van der Waals surface area contributed by atoms with Crippen molar-refractivity contribution in [3.05, 3.63) is 28.8 Å². The first-order valence-corrected chi connectivity index (χ1v) is 6.80. The second-order valence-electron chi connectivity index (χ2n) is 6.00. The number of carbonyl (C=O) groups is 2. The molecule has 2 N–H and O–H groups in total. The molecule has 1 atom stereocenters. The molecule has 0 saturated carbocycles. The number of rotatable bonds is 5. The van der Waals surface area contributed by atoms with Gasteiger partial charge in [0.15, 0.2) is 0 Å². The lowest BCUT2D eigenvalue weighted by molar-refractivity contribution is -0.142. The van der Waals surface area contributed by atoms with E-state index in [1.165, 1.54) is 0 Å². The van der Waals surface area contributed by atoms with Gasteiger partial charge in [0.2, 0.25) is 0 Å². The molecule has 0 bridgehead atoms. The van der Waals surface area contributed by atoms with Crippen molar-refractivity contribution >= 4 is 23.5 Å². The first-order chi connectivity index (χ1) is 9.60. The zero-order valence-electron chi connectivity index (χ0n) is 12.1. The van der Waals surface area contributed by atoms with Crippen LogP contribution in [0.2, 0.25) is 5.15 Å². The molecule has 1 unspecified atom stereocenters. The fourth-order valence-corrected chi connectivity index (χ4v) is 2.07. The average molecular weight is 317 g/mol. The van der Waals surface area contributed by atoms with Crippen LogP contribution in [0.5, 0.6) is 0 Å². The molecule has 0 fully saturated rings. The lowest BCUT2D eigenvalue weighted by Crippen LogP contribution is -2.35. The van der Waals surface area contributed by atoms with Crippen LogP contribution in [0.4, 0.5) is 4.39 Å². The number of nitrogens with one attached hydrogen (secondary N) is 1. The van der Waals surface area contributed by atoms with Crippen LogP contribution in [0, 0.1) is 17.2 Å². The van der Waals surface area contributed by atoms with Gasteiger partial charge in [0.25, 0.3) is 5.91 Å². The summed E-state index contributed by atoms with van der Waals surface area (Å²) < 4.78 is 13.1. The first kappa shape index (κ1) is 17.4. The predicted molar refractivity (Wildman–Crippen MR) is 76.7 cm³/mol. The van der Waals surface area contributed by atoms with Gasteiger partial charge >= 0.3 is 5.97 Å². The quantitative estimate of drug-likeness (QED) is 0.819. The topological polar surface area (TPSA) is 79.3 Å². The molecule has 1 aromatic rings. The summed E-state index contributed by atoms with van der Waals surface area (Å²) in [6.07, 6.45) is 1.30. The second-order valence-corrected chi connectivity index (χ2v) is 6.36. The molecule has 7 heteroatoms. The van der Waals surface area contributed by atoms with Gasteiger partial charge in [-0.05, 0) is 17.9 Å². The number of carboxylic acid groups (broad SMARTS) is 1. The number of aromatic nitrogens is 1. The Morgan fingerprint density at radius 1 is 1.48 bits per heavy atom. The molecule has 21 heavy (non-hydrogen) atoms. The Balaban J connectivity index is 2.74. The molecule has 0 aromatic carbocycles. The number of amides is 1. The summed E-state index contributed by atoms with van der Waals surface area (Å²) >= 11 is 5.72.